The van der Waals surface area contributed by atoms with Gasteiger partial charge in [0.05, 0.1) is 34.2 Å². The van der Waals surface area contributed by atoms with Gasteiger partial charge in [0.2, 0.25) is 11.9 Å². The van der Waals surface area contributed by atoms with Gasteiger partial charge in [-0.05, 0) is 88.0 Å². The van der Waals surface area contributed by atoms with Gasteiger partial charge < -0.3 is 9.67 Å². The monoisotopic (exact) mass is 1280 g/mol. The van der Waals surface area contributed by atoms with Crippen LogP contribution < -0.4 is 0 Å². The predicted molar refractivity (Wildman–Crippen MR) is 209 cm³/mol. The first-order valence-corrected chi connectivity index (χ1v) is 18.8. The summed E-state index contributed by atoms with van der Waals surface area (Å²) < 4.78 is 134. The van der Waals surface area contributed by atoms with Crippen LogP contribution in [0.25, 0.3) is 34.2 Å². The van der Waals surface area contributed by atoms with Gasteiger partial charge in [0.15, 0.2) is 11.5 Å². The molecule has 8 aromatic heterocycles. The molecule has 0 aliphatic heterocycles. The largest absolute Gasteiger partial charge is 2.00 e. The molecule has 0 atom stereocenters. The Balaban J connectivity index is 0.000000240. The van der Waals surface area contributed by atoms with E-state index in [1.807, 2.05) is 27.7 Å². The average Bonchev–Trinajstić information content (AvgIpc) is 3.97. The second-order valence-electron chi connectivity index (χ2n) is 14.9. The smallest absolute Gasteiger partial charge is 0.343 e. The molecule has 8 rings (SSSR count). The van der Waals surface area contributed by atoms with E-state index in [1.54, 1.807) is 54.6 Å². The summed E-state index contributed by atoms with van der Waals surface area (Å²) in [6.45, 7) is 7.27. The minimum Gasteiger partial charge on any atom is -0.343 e. The van der Waals surface area contributed by atoms with Gasteiger partial charge in [-0.1, -0.05) is 54.2 Å². The van der Waals surface area contributed by atoms with E-state index in [9.17, 15) is 43.9 Å². The molecular formula is C44H30F10N10Pt2. The van der Waals surface area contributed by atoms with Gasteiger partial charge in [0, 0.05) is 49.5 Å². The molecule has 0 amide bonds. The molecule has 10 nitrogen and oxygen atoms in total. The standard InChI is InChI=1S/C22H16F5N5.C22H14F5N5.2Pt/c2*1-21(2,15-6-3-5-14(28-15)13-9-10-18(23)30-20(13)24)16-7-4-8-19(29-16)32-12-11-17(31-32)22(25,26)27;;/h3-12H,1-2H3;3-8,10-11H,1-2H3;;/q;-2;;+2. The third kappa shape index (κ3) is 11.1. The minimum atomic E-state index is -4.59. The van der Waals surface area contributed by atoms with Crippen molar-refractivity contribution in [1.29, 1.82) is 0 Å². The molecule has 0 spiro atoms. The van der Waals surface area contributed by atoms with Crippen molar-refractivity contribution in [2.45, 2.75) is 50.9 Å². The molecule has 22 heteroatoms. The fraction of sp³-hybridized carbons (Fsp3) is 0.182. The third-order valence-corrected chi connectivity index (χ3v) is 9.78. The number of rotatable bonds is 8. The SMILES string of the molecule is CC(C)(c1cccc(-c2[c-]cc(F)nc2F)n1)c1cccc(-n2[c-]cc(C(F)(F)F)n2)n1.CC(C)(c1cccc(-c2ccc(F)nc2F)n1)c1cccc(-n2ccc(C(F)(F)F)n2)n1.[Pt+2].[Pt]. The number of nitrogens with zero attached hydrogens (tertiary/aromatic N) is 10. The van der Waals surface area contributed by atoms with Crippen molar-refractivity contribution >= 4 is 0 Å². The molecule has 8 aromatic rings. The molecule has 0 aromatic carbocycles. The maximum Gasteiger partial charge on any atom is 2.00 e. The first-order chi connectivity index (χ1) is 30.1. The number of hydrogen-bond donors (Lipinski definition) is 0. The summed E-state index contributed by atoms with van der Waals surface area (Å²) in [5.41, 5.74) is -1.27. The normalized spacial score (nSPS) is 11.8. The summed E-state index contributed by atoms with van der Waals surface area (Å²) in [5, 5.41) is 7.05. The Morgan fingerprint density at radius 2 is 1.00 bits per heavy atom. The molecule has 0 bridgehead atoms. The Bertz CT molecular complexity index is 2770. The minimum absolute atomic E-state index is 0. The van der Waals surface area contributed by atoms with Crippen LogP contribution in [0.15, 0.2) is 109 Å². The van der Waals surface area contributed by atoms with E-state index in [2.05, 4.69) is 52.4 Å². The molecule has 0 saturated carbocycles. The van der Waals surface area contributed by atoms with Crippen LogP contribution in [-0.4, -0.2) is 49.5 Å². The fourth-order valence-corrected chi connectivity index (χ4v) is 6.21. The van der Waals surface area contributed by atoms with Gasteiger partial charge in [-0.2, -0.15) is 45.2 Å². The predicted octanol–water partition coefficient (Wildman–Crippen LogP) is 10.3. The number of halogens is 10. The Morgan fingerprint density at radius 1 is 0.485 bits per heavy atom. The molecule has 0 radical (unpaired) electrons. The summed E-state index contributed by atoms with van der Waals surface area (Å²) in [5.74, 6) is -3.60. The molecule has 346 valence electrons. The van der Waals surface area contributed by atoms with Crippen molar-refractivity contribution < 1.29 is 86.0 Å². The van der Waals surface area contributed by atoms with Gasteiger partial charge in [-0.25, -0.2) is 18.4 Å². The van der Waals surface area contributed by atoms with Gasteiger partial charge >= 0.3 is 33.4 Å². The molecule has 0 aliphatic rings. The van der Waals surface area contributed by atoms with E-state index in [-0.39, 0.29) is 76.3 Å². The summed E-state index contributed by atoms with van der Waals surface area (Å²) in [6.07, 6.45) is -5.55. The first kappa shape index (κ1) is 51.0. The molecule has 8 heterocycles. The van der Waals surface area contributed by atoms with Crippen LogP contribution in [0.2, 0.25) is 0 Å². The maximum absolute atomic E-state index is 14.1. The van der Waals surface area contributed by atoms with Crippen LogP contribution in [0.3, 0.4) is 0 Å². The van der Waals surface area contributed by atoms with Gasteiger partial charge in [-0.15, -0.1) is 12.1 Å². The van der Waals surface area contributed by atoms with E-state index in [0.717, 1.165) is 33.6 Å². The van der Waals surface area contributed by atoms with Crippen molar-refractivity contribution in [3.63, 3.8) is 0 Å². The van der Waals surface area contributed by atoms with Crippen LogP contribution in [0.1, 0.15) is 61.9 Å². The van der Waals surface area contributed by atoms with Crippen LogP contribution in [0, 0.1) is 36.1 Å². The van der Waals surface area contributed by atoms with Crippen LogP contribution in [-0.2, 0) is 65.3 Å². The molecule has 0 unspecified atom stereocenters. The molecule has 0 N–H and O–H groups in total. The molecule has 66 heavy (non-hydrogen) atoms. The number of hydrogen-bond acceptors (Lipinski definition) is 8. The van der Waals surface area contributed by atoms with E-state index in [4.69, 9.17) is 0 Å². The third-order valence-electron chi connectivity index (χ3n) is 9.78. The second kappa shape index (κ2) is 19.8. The molecule has 0 fully saturated rings. The zero-order valence-electron chi connectivity index (χ0n) is 34.3. The zero-order chi connectivity index (χ0) is 46.2. The van der Waals surface area contributed by atoms with Crippen molar-refractivity contribution in [1.82, 2.24) is 49.5 Å². The van der Waals surface area contributed by atoms with E-state index in [1.165, 1.54) is 30.5 Å². The summed E-state index contributed by atoms with van der Waals surface area (Å²) in [6, 6.07) is 26.9. The molecule has 0 saturated heterocycles. The Morgan fingerprint density at radius 3 is 1.55 bits per heavy atom. The van der Waals surface area contributed by atoms with Crippen molar-refractivity contribution in [2.75, 3.05) is 0 Å². The van der Waals surface area contributed by atoms with Crippen LogP contribution in [0.4, 0.5) is 43.9 Å². The van der Waals surface area contributed by atoms with Gasteiger partial charge in [0.25, 0.3) is 0 Å². The average molecular weight is 1280 g/mol. The fourth-order valence-electron chi connectivity index (χ4n) is 6.21. The maximum atomic E-state index is 14.1. The van der Waals surface area contributed by atoms with Crippen molar-refractivity contribution in [3.05, 3.63) is 180 Å². The van der Waals surface area contributed by atoms with E-state index >= 15 is 0 Å². The summed E-state index contributed by atoms with van der Waals surface area (Å²) in [7, 11) is 0. The molecular weight excluding hydrogens is 1250 g/mol. The molecule has 0 aliphatic carbocycles. The Labute approximate surface area is 398 Å². The van der Waals surface area contributed by atoms with E-state index in [0.29, 0.717) is 22.8 Å². The number of alkyl halides is 6. The zero-order valence-corrected chi connectivity index (χ0v) is 38.8. The topological polar surface area (TPSA) is 113 Å². The van der Waals surface area contributed by atoms with Gasteiger partial charge in [-0.3, -0.25) is 20.1 Å². The van der Waals surface area contributed by atoms with E-state index < -0.39 is 58.4 Å². The van der Waals surface area contributed by atoms with Crippen LogP contribution >= 0.6 is 0 Å². The van der Waals surface area contributed by atoms with Gasteiger partial charge in [0.1, 0.15) is 11.9 Å². The number of pyridine rings is 6. The Hall–Kier alpha value is -6.00. The second-order valence-corrected chi connectivity index (χ2v) is 14.9. The van der Waals surface area contributed by atoms with Crippen molar-refractivity contribution in [3.8, 4) is 34.2 Å². The van der Waals surface area contributed by atoms with Crippen LogP contribution in [0.5, 0.6) is 0 Å². The Kier molecular flexibility index (Phi) is 15.3. The quantitative estimate of drug-likeness (QED) is 0.0840. The summed E-state index contributed by atoms with van der Waals surface area (Å²) in [4.78, 5) is 24.2. The first-order valence-electron chi connectivity index (χ1n) is 18.8. The summed E-state index contributed by atoms with van der Waals surface area (Å²) >= 11 is 0. The van der Waals surface area contributed by atoms with Crippen molar-refractivity contribution in [2.24, 2.45) is 0 Å². The number of aromatic nitrogens is 10.